The maximum atomic E-state index is 13.4. The minimum absolute atomic E-state index is 0.00808. The summed E-state index contributed by atoms with van der Waals surface area (Å²) < 4.78 is 14.4. The number of piperidine rings is 1. The quantitative estimate of drug-likeness (QED) is 0.0881. The number of urea groups is 1. The fourth-order valence-corrected chi connectivity index (χ4v) is 8.71. The molecule has 4 aromatic heterocycles. The van der Waals surface area contributed by atoms with Gasteiger partial charge in [0.25, 0.3) is 11.8 Å². The molecule has 0 aromatic carbocycles. The number of aliphatic hydroxyl groups excluding tert-OH is 4. The third-order valence-electron chi connectivity index (χ3n) is 11.6. The van der Waals surface area contributed by atoms with Gasteiger partial charge in [-0.1, -0.05) is 0 Å². The number of imidazole rings is 2. The molecule has 23 nitrogen and oxygen atoms in total. The van der Waals surface area contributed by atoms with Crippen LogP contribution in [0.5, 0.6) is 0 Å². The van der Waals surface area contributed by atoms with Crippen LogP contribution in [0.1, 0.15) is 64.8 Å². The zero-order valence-electron chi connectivity index (χ0n) is 33.2. The molecule has 3 saturated heterocycles. The second kappa shape index (κ2) is 17.9. The molecule has 61 heavy (non-hydrogen) atoms. The highest BCUT2D eigenvalue weighted by atomic mass is 35.5. The van der Waals surface area contributed by atoms with E-state index in [0.717, 1.165) is 12.8 Å². The van der Waals surface area contributed by atoms with Crippen molar-refractivity contribution in [1.29, 1.82) is 0 Å². The molecule has 4 aromatic rings. The van der Waals surface area contributed by atoms with Gasteiger partial charge in [-0.15, -0.1) is 0 Å². The lowest BCUT2D eigenvalue weighted by molar-refractivity contribution is -0.138. The molecule has 25 heteroatoms. The van der Waals surface area contributed by atoms with Crippen LogP contribution >= 0.6 is 23.2 Å². The van der Waals surface area contributed by atoms with Crippen LogP contribution < -0.4 is 26.6 Å². The van der Waals surface area contributed by atoms with E-state index in [4.69, 9.17) is 32.7 Å². The van der Waals surface area contributed by atoms with Crippen molar-refractivity contribution in [2.24, 2.45) is 0 Å². The number of anilines is 2. The van der Waals surface area contributed by atoms with Crippen LogP contribution in [0, 0.1) is 0 Å². The molecule has 0 unspecified atom stereocenters. The average Bonchev–Trinajstić information content (AvgIpc) is 4.00. The maximum absolute atomic E-state index is 13.4. The average molecular weight is 892 g/mol. The van der Waals surface area contributed by atoms with Gasteiger partial charge in [-0.25, -0.2) is 14.8 Å². The highest BCUT2D eigenvalue weighted by Gasteiger charge is 2.49. The number of likely N-dealkylation sites (N-methyl/N-ethyl adjacent to an activating group) is 2. The number of aromatic nitrogens is 8. The van der Waals surface area contributed by atoms with E-state index in [2.05, 4.69) is 56.5 Å². The van der Waals surface area contributed by atoms with E-state index in [1.807, 2.05) is 0 Å². The summed E-state index contributed by atoms with van der Waals surface area (Å²) in [5.41, 5.74) is 1.23. The van der Waals surface area contributed by atoms with Crippen molar-refractivity contribution >= 4 is 75.0 Å². The van der Waals surface area contributed by atoms with E-state index in [-0.39, 0.29) is 46.0 Å². The lowest BCUT2D eigenvalue weighted by Gasteiger charge is -2.35. The Balaban J connectivity index is 0.828. The monoisotopic (exact) mass is 890 g/mol. The number of hydrogen-bond donors (Lipinski definition) is 9. The summed E-state index contributed by atoms with van der Waals surface area (Å²) in [6.07, 6.45) is -3.77. The lowest BCUT2D eigenvalue weighted by atomic mass is 9.91. The lowest BCUT2D eigenvalue weighted by Crippen LogP contribution is -2.50. The molecule has 9 N–H and O–H groups in total. The van der Waals surface area contributed by atoms with Crippen LogP contribution in [0.2, 0.25) is 10.6 Å². The van der Waals surface area contributed by atoms with Gasteiger partial charge in [0.1, 0.15) is 24.4 Å². The zero-order valence-corrected chi connectivity index (χ0v) is 34.7. The van der Waals surface area contributed by atoms with E-state index < -0.39 is 60.9 Å². The van der Waals surface area contributed by atoms with Gasteiger partial charge in [0.15, 0.2) is 58.6 Å². The van der Waals surface area contributed by atoms with Gasteiger partial charge >= 0.3 is 6.03 Å². The number of nitrogens with one attached hydrogen (secondary N) is 5. The summed E-state index contributed by atoms with van der Waals surface area (Å²) in [6, 6.07) is -0.255. The Kier molecular flexibility index (Phi) is 12.6. The number of rotatable bonds is 11. The summed E-state index contributed by atoms with van der Waals surface area (Å²) in [5, 5.41) is 57.6. The topological polar surface area (TPSA) is 301 Å². The van der Waals surface area contributed by atoms with E-state index in [0.29, 0.717) is 74.5 Å². The number of carbonyl (C=O) groups excluding carboxylic acids is 3. The number of halogens is 2. The molecule has 0 bridgehead atoms. The third-order valence-corrected chi connectivity index (χ3v) is 11.9. The first-order chi connectivity index (χ1) is 29.3. The number of likely N-dealkylation sites (tertiary alicyclic amines) is 1. The number of carbonyl (C=O) groups is 3. The molecule has 0 spiro atoms. The van der Waals surface area contributed by atoms with E-state index in [1.54, 1.807) is 18.7 Å². The van der Waals surface area contributed by atoms with Crippen LogP contribution in [-0.2, 0) is 19.1 Å². The minimum atomic E-state index is -1.47. The molecule has 3 aliphatic heterocycles. The number of fused-ring (bicyclic) bond motifs is 2. The predicted molar refractivity (Wildman–Crippen MR) is 216 cm³/mol. The van der Waals surface area contributed by atoms with Crippen LogP contribution in [0.4, 0.5) is 16.4 Å². The molecule has 4 amide bonds. The van der Waals surface area contributed by atoms with Crippen LogP contribution in [0.3, 0.4) is 0 Å². The van der Waals surface area contributed by atoms with E-state index in [9.17, 15) is 34.8 Å². The zero-order chi connectivity index (χ0) is 43.1. The summed E-state index contributed by atoms with van der Waals surface area (Å²) in [5.74, 6) is -0.344. The number of amides is 4. The van der Waals surface area contributed by atoms with Gasteiger partial charge in [-0.3, -0.25) is 18.7 Å². The highest BCUT2D eigenvalue weighted by Crippen LogP contribution is 2.35. The van der Waals surface area contributed by atoms with Crippen molar-refractivity contribution in [3.8, 4) is 0 Å². The van der Waals surface area contributed by atoms with Crippen LogP contribution in [0.25, 0.3) is 22.3 Å². The Morgan fingerprint density at radius 3 is 1.52 bits per heavy atom. The summed E-state index contributed by atoms with van der Waals surface area (Å²) in [6.45, 7) is 5.11. The van der Waals surface area contributed by atoms with Crippen molar-refractivity contribution in [3.05, 3.63) is 23.2 Å². The molecule has 4 aliphatic rings. The van der Waals surface area contributed by atoms with E-state index in [1.165, 1.54) is 21.8 Å². The second-order valence-corrected chi connectivity index (χ2v) is 16.2. The Hall–Kier alpha value is -4.75. The molecular formula is C36H48Cl2N14O9. The SMILES string of the molecule is CCNC(=O)[C@H]1O[C@@H](n2cnc3c(NC4CCN(C(=O)N[C@H]5CC[C@H](Nc6nc(Cl)nc7c6ncn7[C@@H]6O[C@H](C(=O)NCC)[C@@H](O)[C@H]6O)CC5)CC4)nc(Cl)nc32)[C@H](O)[C@@H]1O. The number of hydrogen-bond acceptors (Lipinski definition) is 17. The van der Waals surface area contributed by atoms with Gasteiger partial charge in [0, 0.05) is 44.3 Å². The van der Waals surface area contributed by atoms with E-state index >= 15 is 0 Å². The van der Waals surface area contributed by atoms with Gasteiger partial charge in [0.2, 0.25) is 10.6 Å². The Morgan fingerprint density at radius 2 is 1.08 bits per heavy atom. The van der Waals surface area contributed by atoms with Crippen molar-refractivity contribution < 1.29 is 44.3 Å². The first-order valence-corrected chi connectivity index (χ1v) is 21.1. The fraction of sp³-hybridized carbons (Fsp3) is 0.639. The summed E-state index contributed by atoms with van der Waals surface area (Å²) in [7, 11) is 0. The molecule has 1 aliphatic carbocycles. The number of nitrogens with zero attached hydrogens (tertiary/aromatic N) is 9. The number of aliphatic hydroxyl groups is 4. The van der Waals surface area contributed by atoms with Gasteiger partial charge in [-0.2, -0.15) is 19.9 Å². The number of ether oxygens (including phenoxy) is 2. The molecule has 8 rings (SSSR count). The van der Waals surface area contributed by atoms with Crippen LogP contribution in [-0.4, -0.2) is 163 Å². The van der Waals surface area contributed by atoms with Gasteiger partial charge in [-0.05, 0) is 75.6 Å². The molecule has 0 radical (unpaired) electrons. The Bertz CT molecular complexity index is 2250. The van der Waals surface area contributed by atoms with Crippen molar-refractivity contribution in [2.45, 2.75) is 120 Å². The summed E-state index contributed by atoms with van der Waals surface area (Å²) >= 11 is 12.6. The first-order valence-electron chi connectivity index (χ1n) is 20.3. The molecule has 330 valence electrons. The maximum Gasteiger partial charge on any atom is 0.317 e. The Labute approximate surface area is 357 Å². The third kappa shape index (κ3) is 8.56. The molecule has 4 fully saturated rings. The molecule has 8 atom stereocenters. The largest absolute Gasteiger partial charge is 0.387 e. The second-order valence-electron chi connectivity index (χ2n) is 15.5. The van der Waals surface area contributed by atoms with Crippen molar-refractivity contribution in [2.75, 3.05) is 36.8 Å². The molecule has 7 heterocycles. The van der Waals surface area contributed by atoms with Gasteiger partial charge < -0.3 is 61.4 Å². The highest BCUT2D eigenvalue weighted by molar-refractivity contribution is 6.29. The van der Waals surface area contributed by atoms with Crippen molar-refractivity contribution in [1.82, 2.24) is 59.9 Å². The van der Waals surface area contributed by atoms with Crippen LogP contribution in [0.15, 0.2) is 12.7 Å². The minimum Gasteiger partial charge on any atom is -0.387 e. The normalized spacial score (nSPS) is 29.5. The Morgan fingerprint density at radius 1 is 0.656 bits per heavy atom. The predicted octanol–water partition coefficient (Wildman–Crippen LogP) is -0.207. The standard InChI is InChI=1S/C36H48Cl2N14O9/c1-3-39-30(57)24-20(53)22(55)32(60-24)51-13-41-18-26(46-34(37)48-28(18)51)43-15-5-7-16(8-6-15)45-36(59)50-11-9-17(10-12-50)44-27-19-29(49-35(38)47-27)52(14-42-19)33-23(56)21(54)25(61-33)31(58)40-4-2/h13-17,20-25,32-33,53-56H,3-12H2,1-2H3,(H,39,57)(H,40,58)(H,45,59)(H,43,46,48)(H,44,47,49)/t15-,16-,20-,21-,22+,23+,24-,25-,32+,33+/m0/s1. The van der Waals surface area contributed by atoms with Crippen molar-refractivity contribution in [3.63, 3.8) is 0 Å². The fourth-order valence-electron chi connectivity index (χ4n) is 8.38. The first kappa shape index (κ1) is 42.9. The van der Waals surface area contributed by atoms with Gasteiger partial charge in [0.05, 0.1) is 12.7 Å². The smallest absolute Gasteiger partial charge is 0.317 e. The molecular weight excluding hydrogens is 843 g/mol. The summed E-state index contributed by atoms with van der Waals surface area (Å²) in [4.78, 5) is 66.2. The molecule has 1 saturated carbocycles.